The van der Waals surface area contributed by atoms with Crippen LogP contribution in [0.3, 0.4) is 0 Å². The van der Waals surface area contributed by atoms with E-state index in [2.05, 4.69) is 44.5 Å². The minimum atomic E-state index is -0.245. The Balaban J connectivity index is 1.45. The van der Waals surface area contributed by atoms with Crippen LogP contribution in [0.15, 0.2) is 30.7 Å². The number of anilines is 3. The first kappa shape index (κ1) is 22.0. The summed E-state index contributed by atoms with van der Waals surface area (Å²) in [7, 11) is 1.91. The zero-order valence-corrected chi connectivity index (χ0v) is 19.4. The molecule has 1 aliphatic rings. The highest BCUT2D eigenvalue weighted by molar-refractivity contribution is 6.29. The third-order valence-corrected chi connectivity index (χ3v) is 5.61. The fraction of sp³-hybridized carbons (Fsp3) is 0.409. The predicted molar refractivity (Wildman–Crippen MR) is 125 cm³/mol. The number of fused-ring (bicyclic) bond motifs is 1. The molecule has 10 heteroatoms. The van der Waals surface area contributed by atoms with E-state index >= 15 is 0 Å². The molecule has 0 saturated heterocycles. The van der Waals surface area contributed by atoms with Crippen LogP contribution in [0.1, 0.15) is 37.1 Å². The Morgan fingerprint density at radius 1 is 1.22 bits per heavy atom. The van der Waals surface area contributed by atoms with Crippen LogP contribution < -0.4 is 15.5 Å². The summed E-state index contributed by atoms with van der Waals surface area (Å²) in [5, 5.41) is 11.1. The maximum absolute atomic E-state index is 12.6. The monoisotopic (exact) mass is 454 g/mol. The second-order valence-electron chi connectivity index (χ2n) is 8.47. The van der Waals surface area contributed by atoms with E-state index in [1.54, 1.807) is 12.3 Å². The summed E-state index contributed by atoms with van der Waals surface area (Å²) in [6, 6.07) is 3.45. The molecule has 3 aromatic heterocycles. The fourth-order valence-corrected chi connectivity index (χ4v) is 3.84. The molecule has 0 aliphatic carbocycles. The SMILES string of the molecule is Cc1nc(NCc2cnn(Cc3ccc(Cl)nc3)c2)nc2c1NC(=O)[C@H](CC(C)C)N2C. The number of hydrogen-bond donors (Lipinski definition) is 2. The molecule has 0 saturated carbocycles. The van der Waals surface area contributed by atoms with E-state index in [1.807, 2.05) is 42.0 Å². The molecular formula is C22H27ClN8O. The van der Waals surface area contributed by atoms with Crippen LogP contribution in [0.2, 0.25) is 5.15 Å². The van der Waals surface area contributed by atoms with Gasteiger partial charge in [-0.15, -0.1) is 0 Å². The van der Waals surface area contributed by atoms with Crippen molar-refractivity contribution in [3.63, 3.8) is 0 Å². The van der Waals surface area contributed by atoms with Gasteiger partial charge in [0.1, 0.15) is 16.9 Å². The maximum Gasteiger partial charge on any atom is 0.247 e. The van der Waals surface area contributed by atoms with Gasteiger partial charge in [-0.1, -0.05) is 31.5 Å². The molecule has 0 unspecified atom stereocenters. The largest absolute Gasteiger partial charge is 0.350 e. The highest BCUT2D eigenvalue weighted by Crippen LogP contribution is 2.33. The molecule has 0 bridgehead atoms. The average Bonchev–Trinajstić information content (AvgIpc) is 3.19. The van der Waals surface area contributed by atoms with Gasteiger partial charge < -0.3 is 15.5 Å². The van der Waals surface area contributed by atoms with Crippen molar-refractivity contribution < 1.29 is 4.79 Å². The van der Waals surface area contributed by atoms with Crippen LogP contribution in [0.25, 0.3) is 0 Å². The van der Waals surface area contributed by atoms with Crippen molar-refractivity contribution >= 4 is 35.0 Å². The third kappa shape index (κ3) is 4.83. The number of likely N-dealkylation sites (N-methyl/N-ethyl adjacent to an activating group) is 1. The molecule has 1 aliphatic heterocycles. The second-order valence-corrected chi connectivity index (χ2v) is 8.85. The quantitative estimate of drug-likeness (QED) is 0.527. The topological polar surface area (TPSA) is 101 Å². The first-order valence-corrected chi connectivity index (χ1v) is 11.0. The summed E-state index contributed by atoms with van der Waals surface area (Å²) >= 11 is 5.84. The van der Waals surface area contributed by atoms with Crippen molar-refractivity contribution in [1.82, 2.24) is 24.7 Å². The number of carbonyl (C=O) groups excluding carboxylic acids is 1. The minimum Gasteiger partial charge on any atom is -0.350 e. The summed E-state index contributed by atoms with van der Waals surface area (Å²) in [4.78, 5) is 27.8. The van der Waals surface area contributed by atoms with E-state index in [1.165, 1.54) is 0 Å². The lowest BCUT2D eigenvalue weighted by Gasteiger charge is -2.35. The summed E-state index contributed by atoms with van der Waals surface area (Å²) in [5.74, 6) is 1.64. The normalized spacial score (nSPS) is 15.6. The number of hydrogen-bond acceptors (Lipinski definition) is 7. The van der Waals surface area contributed by atoms with Crippen molar-refractivity contribution in [2.45, 2.75) is 46.3 Å². The lowest BCUT2D eigenvalue weighted by molar-refractivity contribution is -0.118. The summed E-state index contributed by atoms with van der Waals surface area (Å²) in [6.45, 7) is 7.24. The average molecular weight is 455 g/mol. The Labute approximate surface area is 192 Å². The van der Waals surface area contributed by atoms with Gasteiger partial charge in [-0.25, -0.2) is 9.97 Å². The molecule has 168 valence electrons. The number of rotatable bonds is 7. The Hall–Kier alpha value is -3.20. The second kappa shape index (κ2) is 9.12. The zero-order valence-electron chi connectivity index (χ0n) is 18.6. The molecule has 0 spiro atoms. The fourth-order valence-electron chi connectivity index (χ4n) is 3.73. The number of nitrogens with one attached hydrogen (secondary N) is 2. The first-order valence-electron chi connectivity index (χ1n) is 10.6. The van der Waals surface area contributed by atoms with Crippen LogP contribution in [-0.2, 0) is 17.9 Å². The molecule has 9 nitrogen and oxygen atoms in total. The third-order valence-electron chi connectivity index (χ3n) is 5.39. The van der Waals surface area contributed by atoms with E-state index in [0.717, 1.165) is 29.1 Å². The van der Waals surface area contributed by atoms with Gasteiger partial charge in [0.2, 0.25) is 11.9 Å². The summed E-state index contributed by atoms with van der Waals surface area (Å²) < 4.78 is 1.85. The van der Waals surface area contributed by atoms with Crippen molar-refractivity contribution in [3.8, 4) is 0 Å². The number of aryl methyl sites for hydroxylation is 1. The van der Waals surface area contributed by atoms with E-state index < -0.39 is 0 Å². The van der Waals surface area contributed by atoms with E-state index in [9.17, 15) is 4.79 Å². The number of halogens is 1. The summed E-state index contributed by atoms with van der Waals surface area (Å²) in [5.41, 5.74) is 3.43. The molecule has 2 N–H and O–H groups in total. The zero-order chi connectivity index (χ0) is 22.8. The van der Waals surface area contributed by atoms with Crippen molar-refractivity contribution in [1.29, 1.82) is 0 Å². The number of pyridine rings is 1. The Bertz CT molecular complexity index is 1110. The summed E-state index contributed by atoms with van der Waals surface area (Å²) in [6.07, 6.45) is 6.29. The molecule has 1 atom stereocenters. The van der Waals surface area contributed by atoms with Gasteiger partial charge in [-0.3, -0.25) is 9.48 Å². The van der Waals surface area contributed by atoms with Gasteiger partial charge in [-0.05, 0) is 30.9 Å². The Morgan fingerprint density at radius 3 is 2.75 bits per heavy atom. The molecule has 0 aromatic carbocycles. The molecule has 0 radical (unpaired) electrons. The van der Waals surface area contributed by atoms with Gasteiger partial charge in [0.05, 0.1) is 18.4 Å². The highest BCUT2D eigenvalue weighted by Gasteiger charge is 2.33. The van der Waals surface area contributed by atoms with E-state index in [4.69, 9.17) is 11.6 Å². The Kier molecular flexibility index (Phi) is 6.27. The molecule has 32 heavy (non-hydrogen) atoms. The van der Waals surface area contributed by atoms with Crippen LogP contribution in [-0.4, -0.2) is 43.7 Å². The predicted octanol–water partition coefficient (Wildman–Crippen LogP) is 3.49. The lowest BCUT2D eigenvalue weighted by Crippen LogP contribution is -2.47. The minimum absolute atomic E-state index is 0.00980. The number of aromatic nitrogens is 5. The molecule has 0 fully saturated rings. The van der Waals surface area contributed by atoms with E-state index in [0.29, 0.717) is 35.8 Å². The van der Waals surface area contributed by atoms with Crippen LogP contribution in [0.4, 0.5) is 17.5 Å². The van der Waals surface area contributed by atoms with Crippen molar-refractivity contribution in [2.24, 2.45) is 5.92 Å². The highest BCUT2D eigenvalue weighted by atomic mass is 35.5. The van der Waals surface area contributed by atoms with Crippen molar-refractivity contribution in [3.05, 3.63) is 52.7 Å². The maximum atomic E-state index is 12.6. The van der Waals surface area contributed by atoms with Gasteiger partial charge in [0.15, 0.2) is 5.82 Å². The van der Waals surface area contributed by atoms with Gasteiger partial charge in [0.25, 0.3) is 0 Å². The smallest absolute Gasteiger partial charge is 0.247 e. The molecule has 4 heterocycles. The van der Waals surface area contributed by atoms with Crippen LogP contribution in [0.5, 0.6) is 0 Å². The number of amides is 1. The first-order chi connectivity index (χ1) is 15.3. The van der Waals surface area contributed by atoms with Gasteiger partial charge >= 0.3 is 0 Å². The number of nitrogens with zero attached hydrogens (tertiary/aromatic N) is 6. The standard InChI is InChI=1S/C22H27ClN8O/c1-13(2)7-17-21(32)28-19-14(3)27-22(29-20(19)30(17)4)25-9-16-10-26-31(12-16)11-15-5-6-18(23)24-8-15/h5-6,8,10,12-13,17H,7,9,11H2,1-4H3,(H,28,32)(H,25,27,29)/t17-/m0/s1. The molecule has 1 amide bonds. The Morgan fingerprint density at radius 2 is 2.03 bits per heavy atom. The van der Waals surface area contributed by atoms with Crippen molar-refractivity contribution in [2.75, 3.05) is 22.6 Å². The van der Waals surface area contributed by atoms with E-state index in [-0.39, 0.29) is 11.9 Å². The van der Waals surface area contributed by atoms with Gasteiger partial charge in [0, 0.05) is 31.5 Å². The molecule has 4 rings (SSSR count). The van der Waals surface area contributed by atoms with Gasteiger partial charge in [-0.2, -0.15) is 10.1 Å². The van der Waals surface area contributed by atoms with Crippen LogP contribution in [0, 0.1) is 12.8 Å². The van der Waals surface area contributed by atoms with Crippen LogP contribution >= 0.6 is 11.6 Å². The lowest BCUT2D eigenvalue weighted by atomic mass is 10.00. The number of carbonyl (C=O) groups is 1. The molecule has 3 aromatic rings. The molecular weight excluding hydrogens is 428 g/mol.